The zero-order chi connectivity index (χ0) is 13.3. The summed E-state index contributed by atoms with van der Waals surface area (Å²) in [6.45, 7) is 1.70. The third-order valence-corrected chi connectivity index (χ3v) is 3.85. The first-order valence-corrected chi connectivity index (χ1v) is 6.67. The Bertz CT molecular complexity index is 559. The first-order valence-electron chi connectivity index (χ1n) is 6.67. The summed E-state index contributed by atoms with van der Waals surface area (Å²) in [5, 5.41) is 3.20. The molecule has 1 aromatic heterocycles. The Morgan fingerprint density at radius 2 is 2.05 bits per heavy atom. The molecule has 1 saturated heterocycles. The van der Waals surface area contributed by atoms with Crippen LogP contribution in [0.2, 0.25) is 0 Å². The van der Waals surface area contributed by atoms with E-state index in [1.807, 2.05) is 0 Å². The van der Waals surface area contributed by atoms with Gasteiger partial charge in [0, 0.05) is 12.0 Å². The molecule has 1 fully saturated rings. The molecule has 0 radical (unpaired) electrons. The Labute approximate surface area is 110 Å². The number of rotatable bonds is 3. The summed E-state index contributed by atoms with van der Waals surface area (Å²) in [5.41, 5.74) is 1.48. The van der Waals surface area contributed by atoms with Crippen LogP contribution in [0, 0.1) is 5.92 Å². The van der Waals surface area contributed by atoms with E-state index in [1.165, 1.54) is 18.5 Å². The largest absolute Gasteiger partial charge is 0.345 e. The minimum absolute atomic E-state index is 0.0612. The number of halogens is 2. The van der Waals surface area contributed by atoms with Crippen LogP contribution in [0.1, 0.15) is 24.8 Å². The number of hydrogen-bond donors (Lipinski definition) is 2. The lowest BCUT2D eigenvalue weighted by Crippen LogP contribution is -2.30. The van der Waals surface area contributed by atoms with Gasteiger partial charge in [-0.2, -0.15) is 0 Å². The predicted octanol–water partition coefficient (Wildman–Crippen LogP) is 3.04. The Hall–Kier alpha value is -1.49. The van der Waals surface area contributed by atoms with Crippen molar-refractivity contribution in [2.24, 2.45) is 5.92 Å². The van der Waals surface area contributed by atoms with Crippen molar-refractivity contribution < 1.29 is 8.78 Å². The molecule has 102 valence electrons. The van der Waals surface area contributed by atoms with Crippen molar-refractivity contribution in [3.8, 4) is 0 Å². The molecule has 19 heavy (non-hydrogen) atoms. The van der Waals surface area contributed by atoms with Gasteiger partial charge in [-0.05, 0) is 44.0 Å². The number of aromatic amines is 1. The van der Waals surface area contributed by atoms with Gasteiger partial charge in [0.25, 0.3) is 5.92 Å². The monoisotopic (exact) mass is 265 g/mol. The summed E-state index contributed by atoms with van der Waals surface area (Å²) in [6.07, 6.45) is 3.14. The van der Waals surface area contributed by atoms with Gasteiger partial charge in [0.1, 0.15) is 0 Å². The molecule has 2 N–H and O–H groups in total. The molecule has 2 heterocycles. The molecular formula is C14H17F2N3. The molecule has 0 unspecified atom stereocenters. The number of fused-ring (bicyclic) bond motifs is 1. The SMILES string of the molecule is FC(F)(CC1CCNCC1)c1ccc2nc[nH]c2c1. The lowest BCUT2D eigenvalue weighted by atomic mass is 9.89. The van der Waals surface area contributed by atoms with Crippen molar-refractivity contribution in [1.82, 2.24) is 15.3 Å². The lowest BCUT2D eigenvalue weighted by Gasteiger charge is -2.27. The van der Waals surface area contributed by atoms with E-state index >= 15 is 0 Å². The molecule has 5 heteroatoms. The fourth-order valence-electron chi connectivity index (χ4n) is 2.73. The van der Waals surface area contributed by atoms with Gasteiger partial charge in [0.15, 0.2) is 0 Å². The van der Waals surface area contributed by atoms with Crippen LogP contribution in [0.5, 0.6) is 0 Å². The van der Waals surface area contributed by atoms with Crippen LogP contribution < -0.4 is 5.32 Å². The first-order chi connectivity index (χ1) is 9.15. The molecule has 0 aliphatic carbocycles. The summed E-state index contributed by atoms with van der Waals surface area (Å²) in [4.78, 5) is 6.93. The van der Waals surface area contributed by atoms with Crippen molar-refractivity contribution >= 4 is 11.0 Å². The second kappa shape index (κ2) is 4.89. The third kappa shape index (κ3) is 2.61. The molecule has 1 aromatic carbocycles. The minimum atomic E-state index is -2.76. The second-order valence-electron chi connectivity index (χ2n) is 5.24. The van der Waals surface area contributed by atoms with Crippen LogP contribution >= 0.6 is 0 Å². The predicted molar refractivity (Wildman–Crippen MR) is 70.2 cm³/mol. The number of piperidine rings is 1. The fraction of sp³-hybridized carbons (Fsp3) is 0.500. The van der Waals surface area contributed by atoms with Crippen LogP contribution in [0.25, 0.3) is 11.0 Å². The normalized spacial score (nSPS) is 18.0. The molecule has 0 saturated carbocycles. The van der Waals surface area contributed by atoms with E-state index in [0.717, 1.165) is 31.4 Å². The van der Waals surface area contributed by atoms with Gasteiger partial charge in [-0.1, -0.05) is 6.07 Å². The second-order valence-corrected chi connectivity index (χ2v) is 5.24. The summed E-state index contributed by atoms with van der Waals surface area (Å²) in [7, 11) is 0. The van der Waals surface area contributed by atoms with Crippen LogP contribution in [-0.2, 0) is 5.92 Å². The molecule has 1 aliphatic rings. The zero-order valence-corrected chi connectivity index (χ0v) is 10.6. The van der Waals surface area contributed by atoms with Crippen molar-refractivity contribution in [3.63, 3.8) is 0 Å². The van der Waals surface area contributed by atoms with Crippen molar-refractivity contribution in [1.29, 1.82) is 0 Å². The number of H-pyrrole nitrogens is 1. The Balaban J connectivity index is 1.81. The van der Waals surface area contributed by atoms with Gasteiger partial charge in [0.05, 0.1) is 17.4 Å². The number of imidazole rings is 1. The van der Waals surface area contributed by atoms with E-state index in [1.54, 1.807) is 6.07 Å². The maximum absolute atomic E-state index is 14.3. The number of alkyl halides is 2. The fourth-order valence-corrected chi connectivity index (χ4v) is 2.73. The first kappa shape index (κ1) is 12.5. The third-order valence-electron chi connectivity index (χ3n) is 3.85. The minimum Gasteiger partial charge on any atom is -0.345 e. The molecule has 3 nitrogen and oxygen atoms in total. The van der Waals surface area contributed by atoms with Crippen LogP contribution in [0.4, 0.5) is 8.78 Å². The number of nitrogens with one attached hydrogen (secondary N) is 2. The van der Waals surface area contributed by atoms with Crippen LogP contribution in [0.15, 0.2) is 24.5 Å². The van der Waals surface area contributed by atoms with E-state index in [9.17, 15) is 8.78 Å². The Morgan fingerprint density at radius 3 is 2.84 bits per heavy atom. The van der Waals surface area contributed by atoms with Crippen molar-refractivity contribution in [3.05, 3.63) is 30.1 Å². The highest BCUT2D eigenvalue weighted by molar-refractivity contribution is 5.75. The summed E-state index contributed by atoms with van der Waals surface area (Å²) in [5.74, 6) is -2.66. The average molecular weight is 265 g/mol. The lowest BCUT2D eigenvalue weighted by molar-refractivity contribution is -0.0325. The Kier molecular flexibility index (Phi) is 3.22. The maximum atomic E-state index is 14.3. The highest BCUT2D eigenvalue weighted by atomic mass is 19.3. The molecule has 0 atom stereocenters. The van der Waals surface area contributed by atoms with E-state index in [2.05, 4.69) is 15.3 Å². The van der Waals surface area contributed by atoms with E-state index < -0.39 is 5.92 Å². The smallest absolute Gasteiger partial charge is 0.273 e. The summed E-state index contributed by atoms with van der Waals surface area (Å²) in [6, 6.07) is 4.66. The number of benzene rings is 1. The van der Waals surface area contributed by atoms with E-state index in [4.69, 9.17) is 0 Å². The molecule has 3 rings (SSSR count). The molecule has 0 bridgehead atoms. The quantitative estimate of drug-likeness (QED) is 0.895. The molecule has 1 aliphatic heterocycles. The zero-order valence-electron chi connectivity index (χ0n) is 10.6. The summed E-state index contributed by atoms with van der Waals surface area (Å²) >= 11 is 0. The molecule has 0 amide bonds. The standard InChI is InChI=1S/C14H17F2N3/c15-14(16,8-10-3-5-17-6-4-10)11-1-2-12-13(7-11)19-9-18-12/h1-2,7,9-10,17H,3-6,8H2,(H,18,19). The van der Waals surface area contributed by atoms with Gasteiger partial charge < -0.3 is 10.3 Å². The van der Waals surface area contributed by atoms with E-state index in [0.29, 0.717) is 5.52 Å². The molecule has 2 aromatic rings. The van der Waals surface area contributed by atoms with Gasteiger partial charge in [-0.15, -0.1) is 0 Å². The number of aromatic nitrogens is 2. The van der Waals surface area contributed by atoms with Gasteiger partial charge >= 0.3 is 0 Å². The highest BCUT2D eigenvalue weighted by Gasteiger charge is 2.35. The summed E-state index contributed by atoms with van der Waals surface area (Å²) < 4.78 is 28.6. The van der Waals surface area contributed by atoms with Gasteiger partial charge in [0.2, 0.25) is 0 Å². The average Bonchev–Trinajstić information content (AvgIpc) is 2.86. The Morgan fingerprint density at radius 1 is 1.26 bits per heavy atom. The van der Waals surface area contributed by atoms with Crippen molar-refractivity contribution in [2.75, 3.05) is 13.1 Å². The number of nitrogens with zero attached hydrogens (tertiary/aromatic N) is 1. The van der Waals surface area contributed by atoms with Crippen molar-refractivity contribution in [2.45, 2.75) is 25.2 Å². The van der Waals surface area contributed by atoms with Gasteiger partial charge in [-0.25, -0.2) is 13.8 Å². The van der Waals surface area contributed by atoms with Crippen LogP contribution in [0.3, 0.4) is 0 Å². The highest BCUT2D eigenvalue weighted by Crippen LogP contribution is 2.37. The maximum Gasteiger partial charge on any atom is 0.273 e. The molecular weight excluding hydrogens is 248 g/mol. The topological polar surface area (TPSA) is 40.7 Å². The molecule has 0 spiro atoms. The van der Waals surface area contributed by atoms with E-state index in [-0.39, 0.29) is 17.9 Å². The van der Waals surface area contributed by atoms with Gasteiger partial charge in [-0.3, -0.25) is 0 Å². The van der Waals surface area contributed by atoms with Crippen LogP contribution in [-0.4, -0.2) is 23.1 Å². The number of hydrogen-bond acceptors (Lipinski definition) is 2.